The van der Waals surface area contributed by atoms with Gasteiger partial charge in [-0.3, -0.25) is 4.79 Å². The molecule has 1 fully saturated rings. The van der Waals surface area contributed by atoms with E-state index < -0.39 is 36.0 Å². The van der Waals surface area contributed by atoms with Crippen LogP contribution in [0, 0.1) is 5.82 Å². The number of halogens is 4. The average Bonchev–Trinajstić information content (AvgIpc) is 2.71. The molecule has 1 saturated carbocycles. The summed E-state index contributed by atoms with van der Waals surface area (Å²) in [5.74, 6) is -3.10. The van der Waals surface area contributed by atoms with Gasteiger partial charge in [-0.2, -0.15) is 0 Å². The van der Waals surface area contributed by atoms with Gasteiger partial charge in [0.15, 0.2) is 0 Å². The highest BCUT2D eigenvalue weighted by Gasteiger charge is 2.45. The standard InChI is InChI=1S/C21H18ClF3N4O2/c22-15-2-1-13(7-16(15)23)18(11-30)29-6-4-12(8-19(29)31)17-3-5-26-20(28-17)27-14-9-21(24,25)10-14/h1-8,14,18,30H,9-11H2,(H,26,27,28)/t18-/m1/s1. The number of aliphatic hydroxyl groups excluding tert-OH is 1. The molecule has 0 bridgehead atoms. The number of benzene rings is 1. The molecular formula is C21H18ClF3N4O2. The van der Waals surface area contributed by atoms with E-state index in [4.69, 9.17) is 11.6 Å². The molecule has 1 aliphatic rings. The second-order valence-corrected chi connectivity index (χ2v) is 7.81. The minimum absolute atomic E-state index is 0.0538. The molecule has 2 heterocycles. The second-order valence-electron chi connectivity index (χ2n) is 7.40. The number of aliphatic hydroxyl groups is 1. The van der Waals surface area contributed by atoms with Gasteiger partial charge in [-0.25, -0.2) is 23.1 Å². The number of alkyl halides is 2. The van der Waals surface area contributed by atoms with Crippen molar-refractivity contribution in [1.29, 1.82) is 0 Å². The fraction of sp³-hybridized carbons (Fsp3) is 0.286. The lowest BCUT2D eigenvalue weighted by Gasteiger charge is -2.35. The van der Waals surface area contributed by atoms with Crippen LogP contribution in [0.3, 0.4) is 0 Å². The van der Waals surface area contributed by atoms with Crippen molar-refractivity contribution in [2.24, 2.45) is 0 Å². The summed E-state index contributed by atoms with van der Waals surface area (Å²) in [6.07, 6.45) is 2.40. The van der Waals surface area contributed by atoms with E-state index in [9.17, 15) is 23.1 Å². The summed E-state index contributed by atoms with van der Waals surface area (Å²) in [6.45, 7) is -0.423. The molecule has 6 nitrogen and oxygen atoms in total. The van der Waals surface area contributed by atoms with E-state index in [0.29, 0.717) is 16.8 Å². The van der Waals surface area contributed by atoms with E-state index in [1.54, 1.807) is 18.2 Å². The number of nitrogens with zero attached hydrogens (tertiary/aromatic N) is 3. The van der Waals surface area contributed by atoms with Crippen LogP contribution in [-0.2, 0) is 0 Å². The van der Waals surface area contributed by atoms with Crippen molar-refractivity contribution in [1.82, 2.24) is 14.5 Å². The molecule has 0 radical (unpaired) electrons. The van der Waals surface area contributed by atoms with Crippen LogP contribution in [0.2, 0.25) is 5.02 Å². The zero-order valence-corrected chi connectivity index (χ0v) is 16.9. The van der Waals surface area contributed by atoms with E-state index in [1.165, 1.54) is 35.2 Å². The van der Waals surface area contributed by atoms with Crippen LogP contribution in [0.5, 0.6) is 0 Å². The van der Waals surface area contributed by atoms with Crippen molar-refractivity contribution >= 4 is 17.5 Å². The minimum Gasteiger partial charge on any atom is -0.394 e. The Hall–Kier alpha value is -2.91. The number of hydrogen-bond acceptors (Lipinski definition) is 5. The topological polar surface area (TPSA) is 80.0 Å². The maximum atomic E-state index is 13.8. The molecule has 0 unspecified atom stereocenters. The second kappa shape index (κ2) is 8.32. The van der Waals surface area contributed by atoms with Crippen LogP contribution in [0.25, 0.3) is 11.3 Å². The minimum atomic E-state index is -2.66. The SMILES string of the molecule is O=c1cc(-c2ccnc(NC3CC(F)(F)C3)n2)ccn1[C@H](CO)c1ccc(Cl)c(F)c1. The third kappa shape index (κ3) is 4.57. The molecule has 31 heavy (non-hydrogen) atoms. The number of rotatable bonds is 6. The van der Waals surface area contributed by atoms with E-state index in [1.807, 2.05) is 0 Å². The fourth-order valence-corrected chi connectivity index (χ4v) is 3.63. The third-order valence-electron chi connectivity index (χ3n) is 5.16. The van der Waals surface area contributed by atoms with Crippen LogP contribution in [0.15, 0.2) is 53.6 Å². The summed E-state index contributed by atoms with van der Waals surface area (Å²) in [7, 11) is 0. The Balaban J connectivity index is 1.58. The Morgan fingerprint density at radius 3 is 2.68 bits per heavy atom. The molecule has 0 aliphatic heterocycles. The first-order valence-electron chi connectivity index (χ1n) is 9.51. The van der Waals surface area contributed by atoms with Gasteiger partial charge in [0.25, 0.3) is 11.5 Å². The number of nitrogens with one attached hydrogen (secondary N) is 1. The van der Waals surface area contributed by atoms with Gasteiger partial charge in [0.1, 0.15) is 5.82 Å². The summed E-state index contributed by atoms with van der Waals surface area (Å²) in [4.78, 5) is 21.1. The van der Waals surface area contributed by atoms with Crippen LogP contribution < -0.4 is 10.9 Å². The molecule has 2 aromatic heterocycles. The van der Waals surface area contributed by atoms with E-state index >= 15 is 0 Å². The van der Waals surface area contributed by atoms with E-state index in [-0.39, 0.29) is 23.8 Å². The Bertz CT molecular complexity index is 1160. The van der Waals surface area contributed by atoms with Crippen LogP contribution in [0.4, 0.5) is 19.1 Å². The van der Waals surface area contributed by atoms with Gasteiger partial charge < -0.3 is 15.0 Å². The van der Waals surface area contributed by atoms with Gasteiger partial charge in [-0.05, 0) is 29.8 Å². The molecule has 3 aromatic rings. The molecule has 10 heteroatoms. The quantitative estimate of drug-likeness (QED) is 0.595. The summed E-state index contributed by atoms with van der Waals surface area (Å²) in [5, 5.41) is 12.6. The van der Waals surface area contributed by atoms with E-state index in [0.717, 1.165) is 0 Å². The van der Waals surface area contributed by atoms with Gasteiger partial charge in [0.2, 0.25) is 5.95 Å². The zero-order chi connectivity index (χ0) is 22.2. The van der Waals surface area contributed by atoms with Crippen molar-refractivity contribution < 1.29 is 18.3 Å². The molecular weight excluding hydrogens is 433 g/mol. The number of hydrogen-bond donors (Lipinski definition) is 2. The van der Waals surface area contributed by atoms with E-state index in [2.05, 4.69) is 15.3 Å². The molecule has 2 N–H and O–H groups in total. The fourth-order valence-electron chi connectivity index (χ4n) is 3.52. The maximum absolute atomic E-state index is 13.8. The highest BCUT2D eigenvalue weighted by molar-refractivity contribution is 6.30. The number of pyridine rings is 1. The van der Waals surface area contributed by atoms with Crippen molar-refractivity contribution in [2.45, 2.75) is 30.8 Å². The predicted molar refractivity (Wildman–Crippen MR) is 110 cm³/mol. The first kappa shape index (κ1) is 21.3. The summed E-state index contributed by atoms with van der Waals surface area (Å²) in [6, 6.07) is 7.44. The van der Waals surface area contributed by atoms with Gasteiger partial charge in [0, 0.05) is 42.9 Å². The lowest BCUT2D eigenvalue weighted by molar-refractivity contribution is -0.0794. The molecule has 4 rings (SSSR count). The molecule has 0 amide bonds. The molecule has 0 spiro atoms. The van der Waals surface area contributed by atoms with Crippen molar-refractivity contribution in [2.75, 3.05) is 11.9 Å². The normalized spacial score (nSPS) is 16.5. The first-order valence-corrected chi connectivity index (χ1v) is 9.89. The Morgan fingerprint density at radius 2 is 2.03 bits per heavy atom. The van der Waals surface area contributed by atoms with Crippen LogP contribution in [-0.4, -0.2) is 38.2 Å². The monoisotopic (exact) mass is 450 g/mol. The van der Waals surface area contributed by atoms with Crippen molar-refractivity contribution in [3.63, 3.8) is 0 Å². The van der Waals surface area contributed by atoms with Crippen LogP contribution in [0.1, 0.15) is 24.4 Å². The number of aromatic nitrogens is 3. The Kier molecular flexibility index (Phi) is 5.72. The Labute approximate surface area is 180 Å². The highest BCUT2D eigenvalue weighted by atomic mass is 35.5. The third-order valence-corrected chi connectivity index (χ3v) is 5.47. The maximum Gasteiger partial charge on any atom is 0.252 e. The summed E-state index contributed by atoms with van der Waals surface area (Å²) in [5.41, 5.74) is 0.888. The average molecular weight is 451 g/mol. The lowest BCUT2D eigenvalue weighted by Crippen LogP contribution is -2.44. The molecule has 0 saturated heterocycles. The largest absolute Gasteiger partial charge is 0.394 e. The van der Waals surface area contributed by atoms with Gasteiger partial charge >= 0.3 is 0 Å². The predicted octanol–water partition coefficient (Wildman–Crippen LogP) is 3.89. The molecule has 1 atom stereocenters. The summed E-state index contributed by atoms with van der Waals surface area (Å²) < 4.78 is 41.1. The highest BCUT2D eigenvalue weighted by Crippen LogP contribution is 2.38. The first-order chi connectivity index (χ1) is 14.8. The Morgan fingerprint density at radius 1 is 1.26 bits per heavy atom. The van der Waals surface area contributed by atoms with Gasteiger partial charge in [-0.1, -0.05) is 17.7 Å². The van der Waals surface area contributed by atoms with Crippen LogP contribution >= 0.6 is 11.6 Å². The number of anilines is 1. The summed E-state index contributed by atoms with van der Waals surface area (Å²) >= 11 is 5.71. The van der Waals surface area contributed by atoms with Crippen molar-refractivity contribution in [3.8, 4) is 11.3 Å². The molecule has 1 aliphatic carbocycles. The van der Waals surface area contributed by atoms with Gasteiger partial charge in [-0.15, -0.1) is 0 Å². The smallest absolute Gasteiger partial charge is 0.252 e. The zero-order valence-electron chi connectivity index (χ0n) is 16.1. The lowest BCUT2D eigenvalue weighted by atomic mass is 9.88. The van der Waals surface area contributed by atoms with Gasteiger partial charge in [0.05, 0.1) is 23.4 Å². The molecule has 1 aromatic carbocycles. The molecule has 162 valence electrons. The van der Waals surface area contributed by atoms with Crippen molar-refractivity contribution in [3.05, 3.63) is 75.5 Å².